The number of nitrogens with one attached hydrogen (secondary N) is 3. The van der Waals surface area contributed by atoms with Crippen molar-refractivity contribution >= 4 is 66.3 Å². The smallest absolute Gasteiger partial charge is 0.270 e. The zero-order valence-electron chi connectivity index (χ0n) is 23.2. The molecule has 0 fully saturated rings. The van der Waals surface area contributed by atoms with Gasteiger partial charge in [0.2, 0.25) is 26.0 Å². The molecule has 0 atom stereocenters. The predicted octanol–water partition coefficient (Wildman–Crippen LogP) is 3.14. The number of sulfonamides is 2. The molecule has 5 rings (SSSR count). The highest BCUT2D eigenvalue weighted by atomic mass is 32.2. The van der Waals surface area contributed by atoms with Gasteiger partial charge in [-0.2, -0.15) is 9.97 Å². The molecule has 16 heteroatoms. The van der Waals surface area contributed by atoms with Gasteiger partial charge in [0.05, 0.1) is 15.5 Å². The van der Waals surface area contributed by atoms with Gasteiger partial charge in [0.25, 0.3) is 5.91 Å². The Balaban J connectivity index is 1.47. The number of amides is 1. The maximum atomic E-state index is 12.7. The largest absolute Gasteiger partial charge is 0.476 e. The van der Waals surface area contributed by atoms with Crippen LogP contribution in [-0.2, 0) is 24.8 Å². The van der Waals surface area contributed by atoms with Gasteiger partial charge >= 0.3 is 0 Å². The molecule has 3 aromatic carbocycles. The van der Waals surface area contributed by atoms with E-state index >= 15 is 0 Å². The van der Waals surface area contributed by atoms with Gasteiger partial charge in [-0.05, 0) is 80.6 Å². The van der Waals surface area contributed by atoms with Gasteiger partial charge in [0.1, 0.15) is 17.4 Å². The van der Waals surface area contributed by atoms with Crippen molar-refractivity contribution < 1.29 is 26.4 Å². The van der Waals surface area contributed by atoms with Crippen molar-refractivity contribution in [3.8, 4) is 5.75 Å². The van der Waals surface area contributed by atoms with Crippen molar-refractivity contribution in [3.05, 3.63) is 72.8 Å². The van der Waals surface area contributed by atoms with Crippen LogP contribution in [0.2, 0.25) is 0 Å². The first-order valence-electron chi connectivity index (χ1n) is 12.7. The summed E-state index contributed by atoms with van der Waals surface area (Å²) < 4.78 is 52.4. The predicted molar refractivity (Wildman–Crippen MR) is 162 cm³/mol. The molecule has 224 valence electrons. The number of carbonyl (C=O) groups is 1. The molecule has 7 N–H and O–H groups in total. The summed E-state index contributed by atoms with van der Waals surface area (Å²) in [5, 5.41) is 19.7. The van der Waals surface area contributed by atoms with Gasteiger partial charge in [0.15, 0.2) is 5.60 Å². The lowest BCUT2D eigenvalue weighted by Gasteiger charge is -2.37. The molecule has 1 aliphatic rings. The van der Waals surface area contributed by atoms with Crippen molar-refractivity contribution in [2.75, 3.05) is 27.9 Å². The third-order valence-corrected chi connectivity index (χ3v) is 8.26. The Hall–Kier alpha value is -4.77. The van der Waals surface area contributed by atoms with Crippen molar-refractivity contribution in [3.63, 3.8) is 0 Å². The molecule has 0 saturated carbocycles. The lowest BCUT2D eigenvalue weighted by Crippen LogP contribution is -2.50. The first-order chi connectivity index (χ1) is 20.1. The van der Waals surface area contributed by atoms with Crippen molar-refractivity contribution in [1.82, 2.24) is 9.97 Å². The number of fused-ring (bicyclic) bond motifs is 1. The summed E-state index contributed by atoms with van der Waals surface area (Å²) in [4.78, 5) is 23.2. The summed E-state index contributed by atoms with van der Waals surface area (Å²) in [7, 11) is -6.05. The number of nitrogens with zero attached hydrogens (tertiary/aromatic N) is 3. The second kappa shape index (κ2) is 10.8. The molecule has 1 aromatic heterocycles. The number of hydrogen-bond acceptors (Lipinski definition) is 11. The van der Waals surface area contributed by atoms with Crippen LogP contribution in [0.25, 0.3) is 0 Å². The Morgan fingerprint density at radius 3 is 1.70 bits per heavy atom. The zero-order chi connectivity index (χ0) is 31.2. The summed E-state index contributed by atoms with van der Waals surface area (Å²) in [6, 6.07) is 18.4. The van der Waals surface area contributed by atoms with Gasteiger partial charge in [-0.15, -0.1) is 0 Å². The Morgan fingerprint density at radius 2 is 1.19 bits per heavy atom. The number of benzene rings is 3. The van der Waals surface area contributed by atoms with E-state index in [1.54, 1.807) is 45.2 Å². The number of ether oxygens (including phenoxy) is 1. The van der Waals surface area contributed by atoms with E-state index in [4.69, 9.17) is 15.0 Å². The van der Waals surface area contributed by atoms with Crippen LogP contribution in [0, 0.1) is 0 Å². The van der Waals surface area contributed by atoms with Gasteiger partial charge in [0, 0.05) is 30.2 Å². The summed E-state index contributed by atoms with van der Waals surface area (Å²) >= 11 is 0. The fraction of sp³-hybridized carbons (Fsp3) is 0.148. The minimum atomic E-state index is -3.87. The minimum Gasteiger partial charge on any atom is -0.476 e. The number of hydrogen-bond donors (Lipinski definition) is 5. The van der Waals surface area contributed by atoms with E-state index < -0.39 is 25.6 Å². The van der Waals surface area contributed by atoms with Gasteiger partial charge in [-0.3, -0.25) is 4.79 Å². The number of carbonyl (C=O) groups excluding carboxylic acids is 1. The van der Waals surface area contributed by atoms with Crippen LogP contribution in [-0.4, -0.2) is 45.4 Å². The second-order valence-electron chi connectivity index (χ2n) is 10.1. The summed E-state index contributed by atoms with van der Waals surface area (Å²) in [5.41, 5.74) is 1.19. The van der Waals surface area contributed by atoms with Crippen LogP contribution in [0.5, 0.6) is 5.75 Å². The normalized spacial score (nSPS) is 14.4. The molecule has 0 saturated heterocycles. The van der Waals surface area contributed by atoms with Gasteiger partial charge in [-0.25, -0.2) is 27.1 Å². The Morgan fingerprint density at radius 1 is 0.721 bits per heavy atom. The Bertz CT molecular complexity index is 1840. The average molecular weight is 625 g/mol. The van der Waals surface area contributed by atoms with E-state index in [1.807, 2.05) is 0 Å². The highest BCUT2D eigenvalue weighted by Crippen LogP contribution is 2.39. The SMILES string of the molecule is CN1C(=O)C(C)(C)Oc2ccc(Nc3cc(Nc4ccc(S(N)(=O)=O)cc4)nc(Nc4ccc(S(N)(=O)=O)cc4)n3)cc21. The maximum Gasteiger partial charge on any atom is 0.270 e. The highest BCUT2D eigenvalue weighted by Gasteiger charge is 2.39. The number of anilines is 7. The lowest BCUT2D eigenvalue weighted by molar-refractivity contribution is -0.132. The maximum absolute atomic E-state index is 12.7. The standard InChI is InChI=1S/C27H28N8O6S2/c1-27(2)25(36)35(3)21-14-18(8-13-22(21)41-27)31-24-15-23(30-16-4-9-19(10-5-16)42(28,37)38)33-26(34-24)32-17-6-11-20(12-7-17)43(29,39)40/h4-15H,1-3H3,(H2,28,37,38)(H2,29,39,40)(H3,30,31,32,33,34). The molecule has 1 amide bonds. The van der Waals surface area contributed by atoms with E-state index in [9.17, 15) is 21.6 Å². The fourth-order valence-corrected chi connectivity index (χ4v) is 5.32. The van der Waals surface area contributed by atoms with Crippen molar-refractivity contribution in [1.29, 1.82) is 0 Å². The number of nitrogens with two attached hydrogens (primary N) is 2. The van der Waals surface area contributed by atoms with E-state index in [1.165, 1.54) is 53.4 Å². The van der Waals surface area contributed by atoms with Crippen LogP contribution in [0.1, 0.15) is 13.8 Å². The summed E-state index contributed by atoms with van der Waals surface area (Å²) in [5.74, 6) is 1.19. The van der Waals surface area contributed by atoms with Crippen molar-refractivity contribution in [2.45, 2.75) is 29.2 Å². The molecule has 0 radical (unpaired) electrons. The van der Waals surface area contributed by atoms with Crippen LogP contribution in [0.15, 0.2) is 82.6 Å². The first-order valence-corrected chi connectivity index (χ1v) is 15.7. The van der Waals surface area contributed by atoms with Crippen molar-refractivity contribution in [2.24, 2.45) is 10.3 Å². The molecule has 0 bridgehead atoms. The fourth-order valence-electron chi connectivity index (χ4n) is 4.29. The third kappa shape index (κ3) is 6.67. The molecular weight excluding hydrogens is 596 g/mol. The van der Waals surface area contributed by atoms with Gasteiger partial charge < -0.3 is 25.6 Å². The minimum absolute atomic E-state index is 0.0448. The molecule has 0 unspecified atom stereocenters. The van der Waals surface area contributed by atoms with E-state index in [0.717, 1.165) is 0 Å². The first kappa shape index (κ1) is 29.7. The monoisotopic (exact) mass is 624 g/mol. The molecule has 1 aliphatic heterocycles. The third-order valence-electron chi connectivity index (χ3n) is 6.40. The highest BCUT2D eigenvalue weighted by molar-refractivity contribution is 7.89. The molecular formula is C27H28N8O6S2. The topological polar surface area (TPSA) is 212 Å². The molecule has 14 nitrogen and oxygen atoms in total. The molecule has 2 heterocycles. The quantitative estimate of drug-likeness (QED) is 0.192. The molecule has 0 spiro atoms. The Labute approximate surface area is 248 Å². The lowest BCUT2D eigenvalue weighted by atomic mass is 10.0. The number of likely N-dealkylation sites (N-methyl/N-ethyl adjacent to an activating group) is 1. The average Bonchev–Trinajstić information content (AvgIpc) is 2.92. The van der Waals surface area contributed by atoms with Crippen LogP contribution in [0.4, 0.5) is 40.3 Å². The van der Waals surface area contributed by atoms with E-state index in [0.29, 0.717) is 40.1 Å². The molecule has 0 aliphatic carbocycles. The van der Waals surface area contributed by atoms with Gasteiger partial charge in [-0.1, -0.05) is 0 Å². The summed E-state index contributed by atoms with van der Waals surface area (Å²) in [6.45, 7) is 3.41. The van der Waals surface area contributed by atoms with Crippen LogP contribution in [0.3, 0.4) is 0 Å². The van der Waals surface area contributed by atoms with Crippen LogP contribution < -0.4 is 35.9 Å². The number of primary sulfonamides is 2. The molecule has 43 heavy (non-hydrogen) atoms. The Kier molecular flexibility index (Phi) is 7.47. The van der Waals surface area contributed by atoms with Crippen LogP contribution >= 0.6 is 0 Å². The second-order valence-corrected chi connectivity index (χ2v) is 13.3. The number of rotatable bonds is 8. The zero-order valence-corrected chi connectivity index (χ0v) is 24.8. The van der Waals surface area contributed by atoms with E-state index in [-0.39, 0.29) is 21.6 Å². The number of aromatic nitrogens is 2. The molecule has 4 aromatic rings. The summed E-state index contributed by atoms with van der Waals surface area (Å²) in [6.07, 6.45) is 0. The van der Waals surface area contributed by atoms with E-state index in [2.05, 4.69) is 25.9 Å².